The molecule has 0 radical (unpaired) electrons. The van der Waals surface area contributed by atoms with E-state index in [0.29, 0.717) is 18.9 Å². The van der Waals surface area contributed by atoms with Gasteiger partial charge in [0, 0.05) is 36.9 Å². The minimum atomic E-state index is -0.567. The summed E-state index contributed by atoms with van der Waals surface area (Å²) in [6, 6.07) is 17.1. The zero-order chi connectivity index (χ0) is 25.7. The minimum Gasteiger partial charge on any atom is -0.490 e. The monoisotopic (exact) mass is 500 g/mol. The first-order valence-corrected chi connectivity index (χ1v) is 14.2. The molecule has 5 nitrogen and oxygen atoms in total. The fourth-order valence-corrected chi connectivity index (χ4v) is 6.07. The summed E-state index contributed by atoms with van der Waals surface area (Å²) in [4.78, 5) is 17.2. The lowest BCUT2D eigenvalue weighted by Gasteiger charge is -2.38. The van der Waals surface area contributed by atoms with Gasteiger partial charge in [0.1, 0.15) is 11.9 Å². The molecule has 2 saturated heterocycles. The number of pyridine rings is 1. The van der Waals surface area contributed by atoms with Gasteiger partial charge in [0.15, 0.2) is 5.72 Å². The molecule has 2 aromatic carbocycles. The van der Waals surface area contributed by atoms with Crippen molar-refractivity contribution in [1.29, 1.82) is 0 Å². The number of benzene rings is 2. The summed E-state index contributed by atoms with van der Waals surface area (Å²) in [5, 5.41) is 4.75. The van der Waals surface area contributed by atoms with E-state index < -0.39 is 5.72 Å². The Bertz CT molecular complexity index is 1210. The quantitative estimate of drug-likeness (QED) is 0.218. The Balaban J connectivity index is 1.18. The van der Waals surface area contributed by atoms with Gasteiger partial charge in [-0.1, -0.05) is 69.4 Å². The van der Waals surface area contributed by atoms with Crippen LogP contribution < -0.4 is 10.1 Å². The van der Waals surface area contributed by atoms with Crippen LogP contribution in [0.25, 0.3) is 22.0 Å². The van der Waals surface area contributed by atoms with Crippen LogP contribution in [0.2, 0.25) is 0 Å². The molecule has 2 fully saturated rings. The van der Waals surface area contributed by atoms with Gasteiger partial charge in [0.2, 0.25) is 0 Å². The first kappa shape index (κ1) is 25.7. The molecule has 2 bridgehead atoms. The van der Waals surface area contributed by atoms with E-state index in [2.05, 4.69) is 66.6 Å². The Labute approximate surface area is 221 Å². The van der Waals surface area contributed by atoms with E-state index in [1.807, 2.05) is 12.3 Å². The largest absolute Gasteiger partial charge is 0.490 e. The van der Waals surface area contributed by atoms with Crippen LogP contribution in [0.3, 0.4) is 0 Å². The number of hydrogen-bond acceptors (Lipinski definition) is 5. The zero-order valence-electron chi connectivity index (χ0n) is 22.3. The van der Waals surface area contributed by atoms with E-state index in [9.17, 15) is 4.79 Å². The van der Waals surface area contributed by atoms with Crippen LogP contribution in [0.4, 0.5) is 0 Å². The van der Waals surface area contributed by atoms with Gasteiger partial charge < -0.3 is 9.47 Å². The van der Waals surface area contributed by atoms with Crippen molar-refractivity contribution in [2.45, 2.75) is 102 Å². The van der Waals surface area contributed by atoms with Crippen LogP contribution in [-0.2, 0) is 9.53 Å². The number of ether oxygens (including phenoxy) is 2. The van der Waals surface area contributed by atoms with Crippen molar-refractivity contribution in [2.24, 2.45) is 0 Å². The van der Waals surface area contributed by atoms with Crippen molar-refractivity contribution in [3.05, 3.63) is 60.3 Å². The van der Waals surface area contributed by atoms with E-state index in [4.69, 9.17) is 9.47 Å². The molecule has 3 heterocycles. The highest BCUT2D eigenvalue weighted by molar-refractivity contribution is 5.88. The lowest BCUT2D eigenvalue weighted by atomic mass is 9.97. The second kappa shape index (κ2) is 11.6. The van der Waals surface area contributed by atoms with Gasteiger partial charge >= 0.3 is 5.97 Å². The zero-order valence-corrected chi connectivity index (χ0v) is 22.3. The SMILES string of the molecule is CCCCCCCCC(=O)OC12CCC(CC(Oc3ccc(-c4ccc5cccnc5c4C)cc3)C1)N2. The number of hydrogen-bond donors (Lipinski definition) is 1. The van der Waals surface area contributed by atoms with E-state index in [0.717, 1.165) is 54.3 Å². The lowest BCUT2D eigenvalue weighted by molar-refractivity contribution is -0.168. The van der Waals surface area contributed by atoms with Crippen molar-refractivity contribution in [3.63, 3.8) is 0 Å². The number of rotatable bonds is 11. The van der Waals surface area contributed by atoms with E-state index in [-0.39, 0.29) is 12.1 Å². The number of aromatic nitrogens is 1. The summed E-state index contributed by atoms with van der Waals surface area (Å²) >= 11 is 0. The molecule has 1 aromatic heterocycles. The molecular weight excluding hydrogens is 460 g/mol. The highest BCUT2D eigenvalue weighted by atomic mass is 16.6. The van der Waals surface area contributed by atoms with Crippen molar-refractivity contribution in [1.82, 2.24) is 10.3 Å². The number of aryl methyl sites for hydroxylation is 1. The summed E-state index contributed by atoms with van der Waals surface area (Å²) in [7, 11) is 0. The van der Waals surface area contributed by atoms with Gasteiger partial charge in [-0.3, -0.25) is 15.1 Å². The van der Waals surface area contributed by atoms with Crippen LogP contribution in [0.1, 0.15) is 83.1 Å². The third-order valence-electron chi connectivity index (χ3n) is 8.01. The third-order valence-corrected chi connectivity index (χ3v) is 8.01. The second-order valence-corrected chi connectivity index (χ2v) is 10.9. The third kappa shape index (κ3) is 6.15. The number of nitrogens with one attached hydrogen (secondary N) is 1. The Morgan fingerprint density at radius 3 is 2.70 bits per heavy atom. The van der Waals surface area contributed by atoms with Crippen LogP contribution in [0.15, 0.2) is 54.7 Å². The first-order valence-electron chi connectivity index (χ1n) is 14.2. The lowest BCUT2D eigenvalue weighted by Crippen LogP contribution is -2.54. The van der Waals surface area contributed by atoms with Crippen molar-refractivity contribution >= 4 is 16.9 Å². The molecule has 2 aliphatic heterocycles. The number of fused-ring (bicyclic) bond motifs is 3. The van der Waals surface area contributed by atoms with Gasteiger partial charge in [-0.05, 0) is 61.1 Å². The van der Waals surface area contributed by atoms with Gasteiger partial charge in [0.05, 0.1) is 5.52 Å². The molecule has 196 valence electrons. The molecule has 3 aromatic rings. The Morgan fingerprint density at radius 2 is 1.86 bits per heavy atom. The first-order chi connectivity index (χ1) is 18.0. The van der Waals surface area contributed by atoms with E-state index in [1.165, 1.54) is 36.8 Å². The summed E-state index contributed by atoms with van der Waals surface area (Å²) in [5.41, 5.74) is 4.01. The molecule has 3 unspecified atom stereocenters. The summed E-state index contributed by atoms with van der Waals surface area (Å²) < 4.78 is 12.5. The van der Waals surface area contributed by atoms with Gasteiger partial charge in [-0.2, -0.15) is 0 Å². The molecule has 5 heteroatoms. The van der Waals surface area contributed by atoms with Crippen molar-refractivity contribution in [3.8, 4) is 16.9 Å². The average Bonchev–Trinajstić information content (AvgIpc) is 3.20. The molecule has 3 atom stereocenters. The van der Waals surface area contributed by atoms with E-state index >= 15 is 0 Å². The smallest absolute Gasteiger partial charge is 0.307 e. The molecule has 37 heavy (non-hydrogen) atoms. The van der Waals surface area contributed by atoms with Gasteiger partial charge in [-0.15, -0.1) is 0 Å². The summed E-state index contributed by atoms with van der Waals surface area (Å²) in [6.07, 6.45) is 12.9. The average molecular weight is 501 g/mol. The van der Waals surface area contributed by atoms with Crippen molar-refractivity contribution < 1.29 is 14.3 Å². The maximum absolute atomic E-state index is 12.6. The maximum atomic E-state index is 12.6. The summed E-state index contributed by atoms with van der Waals surface area (Å²) in [5.74, 6) is 0.786. The molecule has 5 rings (SSSR count). The molecular formula is C32H40N2O3. The molecule has 0 aliphatic carbocycles. The Hall–Kier alpha value is -2.92. The topological polar surface area (TPSA) is 60.5 Å². The highest BCUT2D eigenvalue weighted by Gasteiger charge is 2.48. The number of carbonyl (C=O) groups excluding carboxylic acids is 1. The number of carbonyl (C=O) groups is 1. The Kier molecular flexibility index (Phi) is 8.09. The van der Waals surface area contributed by atoms with Crippen LogP contribution in [-0.4, -0.2) is 28.8 Å². The summed E-state index contributed by atoms with van der Waals surface area (Å²) in [6.45, 7) is 4.35. The Morgan fingerprint density at radius 1 is 1.05 bits per heavy atom. The second-order valence-electron chi connectivity index (χ2n) is 10.9. The van der Waals surface area contributed by atoms with Crippen molar-refractivity contribution in [2.75, 3.05) is 0 Å². The fraction of sp³-hybridized carbons (Fsp3) is 0.500. The molecule has 1 N–H and O–H groups in total. The number of unbranched alkanes of at least 4 members (excludes halogenated alkanes) is 5. The van der Waals surface area contributed by atoms with Crippen LogP contribution in [0, 0.1) is 6.92 Å². The normalized spacial score (nSPS) is 22.8. The predicted molar refractivity (Wildman–Crippen MR) is 149 cm³/mol. The standard InChI is InChI=1S/C32H40N2O3/c1-3-4-5-6-7-8-11-30(35)37-32-19-18-26(34-32)21-28(22-32)36-27-15-12-24(13-16-27)29-17-14-25-10-9-20-33-31(25)23(29)2/h9-10,12-17,20,26,28,34H,3-8,11,18-19,21-22H2,1-2H3. The van der Waals surface area contributed by atoms with E-state index in [1.54, 1.807) is 0 Å². The minimum absolute atomic E-state index is 0.0352. The van der Waals surface area contributed by atoms with Gasteiger partial charge in [-0.25, -0.2) is 0 Å². The number of esters is 1. The fourth-order valence-electron chi connectivity index (χ4n) is 6.07. The highest BCUT2D eigenvalue weighted by Crippen LogP contribution is 2.39. The molecule has 0 saturated carbocycles. The van der Waals surface area contributed by atoms with Crippen LogP contribution >= 0.6 is 0 Å². The number of piperidine rings is 1. The van der Waals surface area contributed by atoms with Crippen LogP contribution in [0.5, 0.6) is 5.75 Å². The molecule has 0 spiro atoms. The number of nitrogens with zero attached hydrogens (tertiary/aromatic N) is 1. The molecule has 0 amide bonds. The predicted octanol–water partition coefficient (Wildman–Crippen LogP) is 7.49. The maximum Gasteiger partial charge on any atom is 0.307 e. The van der Waals surface area contributed by atoms with Gasteiger partial charge in [0.25, 0.3) is 0 Å². The molecule has 2 aliphatic rings.